The molecule has 0 aromatic carbocycles. The van der Waals surface area contributed by atoms with Gasteiger partial charge in [-0.1, -0.05) is 0 Å². The Morgan fingerprint density at radius 2 is 2.23 bits per heavy atom. The summed E-state index contributed by atoms with van der Waals surface area (Å²) in [7, 11) is 6.30. The van der Waals surface area contributed by atoms with Gasteiger partial charge in [0.15, 0.2) is 5.65 Å². The lowest BCUT2D eigenvalue weighted by molar-refractivity contribution is 0.926. The van der Waals surface area contributed by atoms with Crippen molar-refractivity contribution in [1.29, 1.82) is 0 Å². The van der Waals surface area contributed by atoms with Gasteiger partial charge in [-0.25, -0.2) is 9.97 Å². The Kier molecular flexibility index (Phi) is 1.88. The Balaban J connectivity index is 2.66. The Hall–Kier alpha value is -1.22. The molecule has 2 heterocycles. The Bertz CT molecular complexity index is 435. The minimum absolute atomic E-state index is 0.668. The molecule has 0 aliphatic heterocycles. The molecule has 0 fully saturated rings. The molecule has 2 aromatic heterocycles. The summed E-state index contributed by atoms with van der Waals surface area (Å²) in [5.41, 5.74) is 1.66. The number of fused-ring (bicyclic) bond motifs is 1. The first kappa shape index (κ1) is 8.38. The van der Waals surface area contributed by atoms with Gasteiger partial charge in [0.2, 0.25) is 5.95 Å². The molecule has 0 spiro atoms. The molecule has 0 N–H and O–H groups in total. The Morgan fingerprint density at radius 3 is 2.92 bits per heavy atom. The van der Waals surface area contributed by atoms with Crippen LogP contribution in [-0.2, 0) is 7.05 Å². The van der Waals surface area contributed by atoms with Gasteiger partial charge in [-0.15, -0.1) is 0 Å². The summed E-state index contributed by atoms with van der Waals surface area (Å²) in [6.07, 6.45) is 3.45. The van der Waals surface area contributed by atoms with Crippen LogP contribution < -0.4 is 4.67 Å². The van der Waals surface area contributed by atoms with E-state index in [1.165, 1.54) is 0 Å². The average Bonchev–Trinajstić information content (AvgIpc) is 2.47. The smallest absolute Gasteiger partial charge is 0.230 e. The van der Waals surface area contributed by atoms with Crippen LogP contribution in [0.2, 0.25) is 0 Å². The van der Waals surface area contributed by atoms with E-state index in [1.807, 2.05) is 18.7 Å². The zero-order valence-corrected chi connectivity index (χ0v) is 8.62. The standard InChI is InChI=1S/C7H10N5P/c1-11-4-9-5-3-8-7(12(2)13)10-6(5)11/h3-4H,13H2,1-2H3. The van der Waals surface area contributed by atoms with Gasteiger partial charge in [0, 0.05) is 14.1 Å². The third-order valence-electron chi connectivity index (χ3n) is 1.76. The van der Waals surface area contributed by atoms with Crippen LogP contribution in [0.1, 0.15) is 0 Å². The Morgan fingerprint density at radius 1 is 1.46 bits per heavy atom. The zero-order chi connectivity index (χ0) is 9.42. The van der Waals surface area contributed by atoms with E-state index in [1.54, 1.807) is 17.2 Å². The molecule has 5 nitrogen and oxygen atoms in total. The van der Waals surface area contributed by atoms with E-state index in [4.69, 9.17) is 0 Å². The fourth-order valence-electron chi connectivity index (χ4n) is 1.08. The van der Waals surface area contributed by atoms with E-state index in [2.05, 4.69) is 24.3 Å². The van der Waals surface area contributed by atoms with Crippen molar-refractivity contribution in [3.63, 3.8) is 0 Å². The number of anilines is 1. The summed E-state index contributed by atoms with van der Waals surface area (Å²) in [6.45, 7) is 0. The molecule has 2 rings (SSSR count). The van der Waals surface area contributed by atoms with E-state index >= 15 is 0 Å². The molecule has 0 amide bonds. The highest BCUT2D eigenvalue weighted by Gasteiger charge is 2.04. The van der Waals surface area contributed by atoms with E-state index in [9.17, 15) is 0 Å². The third-order valence-corrected chi connectivity index (χ3v) is 1.99. The summed E-state index contributed by atoms with van der Waals surface area (Å²) >= 11 is 0. The van der Waals surface area contributed by atoms with Crippen LogP contribution in [0, 0.1) is 0 Å². The van der Waals surface area contributed by atoms with Gasteiger partial charge in [0.05, 0.1) is 12.5 Å². The molecule has 2 aromatic rings. The van der Waals surface area contributed by atoms with E-state index in [-0.39, 0.29) is 0 Å². The molecule has 0 bridgehead atoms. The van der Waals surface area contributed by atoms with E-state index < -0.39 is 0 Å². The van der Waals surface area contributed by atoms with Gasteiger partial charge in [-0.3, -0.25) is 0 Å². The quantitative estimate of drug-likeness (QED) is 0.625. The molecule has 0 aliphatic carbocycles. The average molecular weight is 195 g/mol. The first-order valence-electron chi connectivity index (χ1n) is 3.81. The second-order valence-corrected chi connectivity index (χ2v) is 3.62. The van der Waals surface area contributed by atoms with Crippen molar-refractivity contribution in [2.75, 3.05) is 11.7 Å². The molecule has 0 radical (unpaired) electrons. The first-order valence-corrected chi connectivity index (χ1v) is 4.32. The number of aryl methyl sites for hydroxylation is 1. The summed E-state index contributed by atoms with van der Waals surface area (Å²) in [5, 5.41) is 0. The van der Waals surface area contributed by atoms with Crippen molar-refractivity contribution in [2.45, 2.75) is 0 Å². The highest BCUT2D eigenvalue weighted by molar-refractivity contribution is 7.18. The highest BCUT2D eigenvalue weighted by Crippen LogP contribution is 2.13. The van der Waals surface area contributed by atoms with Crippen molar-refractivity contribution in [3.8, 4) is 0 Å². The maximum atomic E-state index is 4.33. The molecule has 0 aliphatic rings. The molecule has 1 unspecified atom stereocenters. The highest BCUT2D eigenvalue weighted by atomic mass is 31.0. The second kappa shape index (κ2) is 2.92. The largest absolute Gasteiger partial charge is 0.328 e. The number of hydrogen-bond acceptors (Lipinski definition) is 4. The van der Waals surface area contributed by atoms with E-state index in [0.717, 1.165) is 11.2 Å². The SMILES string of the molecule is CN(P)c1ncc2ncn(C)c2n1. The van der Waals surface area contributed by atoms with Gasteiger partial charge < -0.3 is 9.24 Å². The lowest BCUT2D eigenvalue weighted by atomic mass is 10.5. The number of nitrogens with zero attached hydrogens (tertiary/aromatic N) is 5. The van der Waals surface area contributed by atoms with Gasteiger partial charge >= 0.3 is 0 Å². The van der Waals surface area contributed by atoms with Crippen LogP contribution in [0.3, 0.4) is 0 Å². The predicted molar refractivity (Wildman–Crippen MR) is 54.4 cm³/mol. The van der Waals surface area contributed by atoms with Crippen LogP contribution in [0.15, 0.2) is 12.5 Å². The van der Waals surface area contributed by atoms with Crippen molar-refractivity contribution in [1.82, 2.24) is 19.5 Å². The number of imidazole rings is 1. The lowest BCUT2D eigenvalue weighted by Gasteiger charge is -2.08. The Labute approximate surface area is 78.1 Å². The van der Waals surface area contributed by atoms with Crippen LogP contribution in [0.5, 0.6) is 0 Å². The van der Waals surface area contributed by atoms with Gasteiger partial charge in [-0.2, -0.15) is 4.98 Å². The van der Waals surface area contributed by atoms with Crippen molar-refractivity contribution < 1.29 is 0 Å². The molecular weight excluding hydrogens is 185 g/mol. The van der Waals surface area contributed by atoms with Crippen molar-refractivity contribution in [3.05, 3.63) is 12.5 Å². The maximum Gasteiger partial charge on any atom is 0.230 e. The van der Waals surface area contributed by atoms with Crippen molar-refractivity contribution in [2.24, 2.45) is 7.05 Å². The minimum Gasteiger partial charge on any atom is -0.328 e. The monoisotopic (exact) mass is 195 g/mol. The third kappa shape index (κ3) is 1.35. The minimum atomic E-state index is 0.668. The summed E-state index contributed by atoms with van der Waals surface area (Å²) in [5.74, 6) is 0.668. The lowest BCUT2D eigenvalue weighted by Crippen LogP contribution is -2.05. The molecule has 0 saturated heterocycles. The van der Waals surface area contributed by atoms with Gasteiger partial charge in [0.1, 0.15) is 5.52 Å². The molecule has 6 heteroatoms. The van der Waals surface area contributed by atoms with Crippen LogP contribution in [0.25, 0.3) is 11.2 Å². The molecule has 68 valence electrons. The van der Waals surface area contributed by atoms with Crippen LogP contribution >= 0.6 is 9.39 Å². The first-order chi connectivity index (χ1) is 6.18. The van der Waals surface area contributed by atoms with Crippen LogP contribution in [0.4, 0.5) is 5.95 Å². The van der Waals surface area contributed by atoms with Gasteiger partial charge in [0.25, 0.3) is 0 Å². The number of hydrogen-bond donors (Lipinski definition) is 0. The van der Waals surface area contributed by atoms with E-state index in [0.29, 0.717) is 5.95 Å². The number of aromatic nitrogens is 4. The normalized spacial score (nSPS) is 10.7. The summed E-state index contributed by atoms with van der Waals surface area (Å²) < 4.78 is 3.65. The van der Waals surface area contributed by atoms with Crippen molar-refractivity contribution >= 4 is 26.5 Å². The molecule has 1 atom stereocenters. The fourth-order valence-corrected chi connectivity index (χ4v) is 1.21. The van der Waals surface area contributed by atoms with Gasteiger partial charge in [-0.05, 0) is 9.39 Å². The predicted octanol–water partition coefficient (Wildman–Crippen LogP) is 0.590. The van der Waals surface area contributed by atoms with Crippen LogP contribution in [-0.4, -0.2) is 26.6 Å². The number of rotatable bonds is 1. The second-order valence-electron chi connectivity index (χ2n) is 2.85. The fraction of sp³-hybridized carbons (Fsp3) is 0.286. The zero-order valence-electron chi connectivity index (χ0n) is 7.47. The summed E-state index contributed by atoms with van der Waals surface area (Å²) in [4.78, 5) is 12.6. The molecule has 0 saturated carbocycles. The maximum absolute atomic E-state index is 4.33. The summed E-state index contributed by atoms with van der Waals surface area (Å²) in [6, 6.07) is 0. The molecule has 13 heavy (non-hydrogen) atoms. The molecular formula is C7H10N5P. The topological polar surface area (TPSA) is 46.8 Å².